The Morgan fingerprint density at radius 2 is 2.33 bits per heavy atom. The molecule has 0 fully saturated rings. The fourth-order valence-corrected chi connectivity index (χ4v) is 4.73. The number of fused-ring (bicyclic) bond motifs is 1. The molecule has 1 aliphatic carbocycles. The number of nitrogens with zero attached hydrogens (tertiary/aromatic N) is 3. The van der Waals surface area contributed by atoms with Gasteiger partial charge in [0.1, 0.15) is 10.8 Å². The van der Waals surface area contributed by atoms with Gasteiger partial charge in [-0.2, -0.15) is 4.98 Å². The quantitative estimate of drug-likeness (QED) is 0.504. The average molecular weight is 403 g/mol. The van der Waals surface area contributed by atoms with Crippen molar-refractivity contribution < 1.29 is 9.32 Å². The molecule has 3 aromatic heterocycles. The van der Waals surface area contributed by atoms with Crippen molar-refractivity contribution in [2.75, 3.05) is 11.1 Å². The van der Waals surface area contributed by atoms with Gasteiger partial charge in [0.15, 0.2) is 5.82 Å². The molecule has 0 saturated heterocycles. The van der Waals surface area contributed by atoms with Gasteiger partial charge in [-0.3, -0.25) is 9.36 Å². The Labute approximate surface area is 163 Å². The van der Waals surface area contributed by atoms with Crippen LogP contribution in [0.25, 0.3) is 0 Å². The van der Waals surface area contributed by atoms with Crippen LogP contribution in [0.15, 0.2) is 37.9 Å². The number of hydrogen-bond donors (Lipinski definition) is 1. The Hall–Kier alpha value is -2.39. The molecule has 9 heteroatoms. The molecule has 1 amide bonds. The summed E-state index contributed by atoms with van der Waals surface area (Å²) in [4.78, 5) is 30.1. The summed E-state index contributed by atoms with van der Waals surface area (Å²) in [6.45, 7) is 2.32. The summed E-state index contributed by atoms with van der Waals surface area (Å²) < 4.78 is 6.71. The smallest absolute Gasteiger partial charge is 0.349 e. The van der Waals surface area contributed by atoms with E-state index in [2.05, 4.69) is 15.5 Å². The van der Waals surface area contributed by atoms with E-state index >= 15 is 0 Å². The van der Waals surface area contributed by atoms with Gasteiger partial charge in [0.05, 0.1) is 12.3 Å². The van der Waals surface area contributed by atoms with E-state index in [9.17, 15) is 9.59 Å². The van der Waals surface area contributed by atoms with Crippen LogP contribution in [0.3, 0.4) is 0 Å². The maximum atomic E-state index is 12.6. The van der Waals surface area contributed by atoms with E-state index in [0.29, 0.717) is 23.1 Å². The zero-order chi connectivity index (χ0) is 18.8. The molecular weight excluding hydrogens is 384 g/mol. The largest absolute Gasteiger partial charge is 0.360 e. The molecule has 3 aromatic rings. The number of thiophene rings is 1. The average Bonchev–Trinajstić information content (AvgIpc) is 3.38. The molecule has 0 unspecified atom stereocenters. The SMILES string of the molecule is Cc1cc(NC(=O)CSc2nc(=O)n(Cc3cccs3)c3c2CCC3)no1. The van der Waals surface area contributed by atoms with Gasteiger partial charge >= 0.3 is 5.69 Å². The van der Waals surface area contributed by atoms with Crippen LogP contribution in [0, 0.1) is 6.92 Å². The zero-order valence-corrected chi connectivity index (χ0v) is 16.4. The lowest BCUT2D eigenvalue weighted by Crippen LogP contribution is -2.27. The molecule has 0 atom stereocenters. The second-order valence-electron chi connectivity index (χ2n) is 6.30. The van der Waals surface area contributed by atoms with E-state index in [1.807, 2.05) is 17.5 Å². The highest BCUT2D eigenvalue weighted by Crippen LogP contribution is 2.29. The van der Waals surface area contributed by atoms with Crippen LogP contribution in [-0.2, 0) is 24.2 Å². The first-order valence-electron chi connectivity index (χ1n) is 8.61. The molecule has 140 valence electrons. The number of hydrogen-bond acceptors (Lipinski definition) is 7. The van der Waals surface area contributed by atoms with Crippen molar-refractivity contribution in [3.8, 4) is 0 Å². The molecule has 0 spiro atoms. The van der Waals surface area contributed by atoms with Gasteiger partial charge < -0.3 is 9.84 Å². The first-order valence-corrected chi connectivity index (χ1v) is 10.5. The van der Waals surface area contributed by atoms with Gasteiger partial charge in [-0.1, -0.05) is 23.0 Å². The van der Waals surface area contributed by atoms with Crippen LogP contribution in [0.2, 0.25) is 0 Å². The molecule has 3 heterocycles. The highest BCUT2D eigenvalue weighted by Gasteiger charge is 2.22. The fourth-order valence-electron chi connectivity index (χ4n) is 3.17. The third-order valence-electron chi connectivity index (χ3n) is 4.33. The lowest BCUT2D eigenvalue weighted by Gasteiger charge is -2.13. The second-order valence-corrected chi connectivity index (χ2v) is 8.30. The van der Waals surface area contributed by atoms with E-state index in [4.69, 9.17) is 4.52 Å². The Morgan fingerprint density at radius 1 is 1.44 bits per heavy atom. The van der Waals surface area contributed by atoms with Gasteiger partial charge in [-0.15, -0.1) is 11.3 Å². The van der Waals surface area contributed by atoms with E-state index in [1.165, 1.54) is 11.8 Å². The summed E-state index contributed by atoms with van der Waals surface area (Å²) in [5, 5.41) is 9.10. The summed E-state index contributed by atoms with van der Waals surface area (Å²) in [5.74, 6) is 0.985. The van der Waals surface area contributed by atoms with E-state index in [-0.39, 0.29) is 17.3 Å². The maximum Gasteiger partial charge on any atom is 0.349 e. The monoisotopic (exact) mass is 402 g/mol. The molecule has 0 radical (unpaired) electrons. The van der Waals surface area contributed by atoms with E-state index < -0.39 is 0 Å². The minimum Gasteiger partial charge on any atom is -0.360 e. The molecule has 0 aromatic carbocycles. The Kier molecular flexibility index (Phi) is 5.13. The maximum absolute atomic E-state index is 12.6. The third-order valence-corrected chi connectivity index (χ3v) is 6.21. The molecule has 0 saturated carbocycles. The van der Waals surface area contributed by atoms with Crippen molar-refractivity contribution >= 4 is 34.8 Å². The van der Waals surface area contributed by atoms with Gasteiger partial charge in [0.2, 0.25) is 5.91 Å². The van der Waals surface area contributed by atoms with Gasteiger partial charge in [-0.05, 0) is 37.6 Å². The predicted molar refractivity (Wildman–Crippen MR) is 105 cm³/mol. The van der Waals surface area contributed by atoms with Crippen molar-refractivity contribution in [1.82, 2.24) is 14.7 Å². The van der Waals surface area contributed by atoms with Gasteiger partial charge in [0, 0.05) is 22.2 Å². The lowest BCUT2D eigenvalue weighted by atomic mass is 10.2. The zero-order valence-electron chi connectivity index (χ0n) is 14.7. The number of amides is 1. The summed E-state index contributed by atoms with van der Waals surface area (Å²) in [6, 6.07) is 5.67. The van der Waals surface area contributed by atoms with E-state index in [1.54, 1.807) is 28.9 Å². The van der Waals surface area contributed by atoms with Crippen molar-refractivity contribution in [3.05, 3.63) is 56.0 Å². The topological polar surface area (TPSA) is 90.0 Å². The number of aromatic nitrogens is 3. The van der Waals surface area contributed by atoms with Crippen LogP contribution >= 0.6 is 23.1 Å². The number of carbonyl (C=O) groups is 1. The van der Waals surface area contributed by atoms with Crippen LogP contribution in [-0.4, -0.2) is 26.4 Å². The van der Waals surface area contributed by atoms with Gasteiger partial charge in [0.25, 0.3) is 0 Å². The summed E-state index contributed by atoms with van der Waals surface area (Å²) in [7, 11) is 0. The minimum absolute atomic E-state index is 0.166. The number of nitrogens with one attached hydrogen (secondary N) is 1. The lowest BCUT2D eigenvalue weighted by molar-refractivity contribution is -0.113. The molecular formula is C18H18N4O3S2. The predicted octanol–water partition coefficient (Wildman–Crippen LogP) is 2.87. The Balaban J connectivity index is 1.50. The second kappa shape index (κ2) is 7.69. The highest BCUT2D eigenvalue weighted by molar-refractivity contribution is 8.00. The third kappa shape index (κ3) is 3.98. The standard InChI is InChI=1S/C18H18N4O3S2/c1-11-8-15(21-25-11)19-16(23)10-27-17-13-5-2-6-14(13)22(18(24)20-17)9-12-4-3-7-26-12/h3-4,7-8H,2,5-6,9-10H2,1H3,(H,19,21,23). The first-order chi connectivity index (χ1) is 13.1. The number of thioether (sulfide) groups is 1. The number of rotatable bonds is 6. The molecule has 7 nitrogen and oxygen atoms in total. The molecule has 1 N–H and O–H groups in total. The molecule has 4 rings (SSSR count). The fraction of sp³-hybridized carbons (Fsp3) is 0.333. The number of aryl methyl sites for hydroxylation is 1. The summed E-state index contributed by atoms with van der Waals surface area (Å²) in [6.07, 6.45) is 2.76. The van der Waals surface area contributed by atoms with Crippen molar-refractivity contribution in [1.29, 1.82) is 0 Å². The molecule has 27 heavy (non-hydrogen) atoms. The van der Waals surface area contributed by atoms with Crippen molar-refractivity contribution in [2.45, 2.75) is 37.8 Å². The highest BCUT2D eigenvalue weighted by atomic mass is 32.2. The summed E-state index contributed by atoms with van der Waals surface area (Å²) in [5.41, 5.74) is 1.90. The number of carbonyl (C=O) groups excluding carboxylic acids is 1. The van der Waals surface area contributed by atoms with Crippen LogP contribution in [0.4, 0.5) is 5.82 Å². The molecule has 0 aliphatic heterocycles. The number of anilines is 1. The van der Waals surface area contributed by atoms with Crippen LogP contribution in [0.1, 0.15) is 28.3 Å². The Morgan fingerprint density at radius 3 is 3.07 bits per heavy atom. The van der Waals surface area contributed by atoms with E-state index in [0.717, 1.165) is 35.4 Å². The van der Waals surface area contributed by atoms with Crippen LogP contribution < -0.4 is 11.0 Å². The molecule has 1 aliphatic rings. The van der Waals surface area contributed by atoms with Crippen molar-refractivity contribution in [2.24, 2.45) is 0 Å². The normalized spacial score (nSPS) is 12.9. The van der Waals surface area contributed by atoms with Crippen LogP contribution in [0.5, 0.6) is 0 Å². The first kappa shape index (κ1) is 18.0. The van der Waals surface area contributed by atoms with Crippen molar-refractivity contribution in [3.63, 3.8) is 0 Å². The summed E-state index contributed by atoms with van der Waals surface area (Å²) >= 11 is 2.93. The Bertz CT molecular complexity index is 1020. The molecule has 0 bridgehead atoms. The minimum atomic E-state index is -0.251. The van der Waals surface area contributed by atoms with Gasteiger partial charge in [-0.25, -0.2) is 4.79 Å².